The van der Waals surface area contributed by atoms with Gasteiger partial charge >= 0.3 is 0 Å². The van der Waals surface area contributed by atoms with Crippen LogP contribution in [0.2, 0.25) is 5.02 Å². The van der Waals surface area contributed by atoms with E-state index in [1.54, 1.807) is 12.1 Å². The Morgan fingerprint density at radius 2 is 2.00 bits per heavy atom. The van der Waals surface area contributed by atoms with Crippen molar-refractivity contribution in [3.05, 3.63) is 34.6 Å². The molecule has 0 bridgehead atoms. The molecule has 0 aliphatic rings. The number of rotatable bonds is 3. The Morgan fingerprint density at radius 3 is 2.56 bits per heavy atom. The monoisotopic (exact) mass is 243 g/mol. The molecule has 90 valence electrons. The Bertz CT molecular complexity index is 357. The number of benzene rings is 1. The quantitative estimate of drug-likeness (QED) is 0.841. The largest absolute Gasteiger partial charge is 0.324 e. The van der Waals surface area contributed by atoms with Crippen molar-refractivity contribution in [2.45, 2.75) is 39.7 Å². The first-order valence-electron chi connectivity index (χ1n) is 5.51. The van der Waals surface area contributed by atoms with Crippen LogP contribution < -0.4 is 5.73 Å². The van der Waals surface area contributed by atoms with Gasteiger partial charge in [0.25, 0.3) is 0 Å². The fraction of sp³-hybridized carbons (Fsp3) is 0.538. The first-order valence-corrected chi connectivity index (χ1v) is 5.88. The minimum Gasteiger partial charge on any atom is -0.324 e. The Kier molecular flexibility index (Phi) is 4.34. The molecular formula is C13H19ClFN. The van der Waals surface area contributed by atoms with Crippen molar-refractivity contribution in [3.8, 4) is 0 Å². The lowest BCUT2D eigenvalue weighted by Gasteiger charge is -2.21. The van der Waals surface area contributed by atoms with Gasteiger partial charge in [0.1, 0.15) is 5.82 Å². The Balaban J connectivity index is 2.73. The zero-order valence-corrected chi connectivity index (χ0v) is 10.8. The van der Waals surface area contributed by atoms with E-state index >= 15 is 0 Å². The van der Waals surface area contributed by atoms with E-state index in [9.17, 15) is 4.39 Å². The highest BCUT2D eigenvalue weighted by Crippen LogP contribution is 2.29. The lowest BCUT2D eigenvalue weighted by Crippen LogP contribution is -2.16. The third-order valence-corrected chi connectivity index (χ3v) is 2.88. The summed E-state index contributed by atoms with van der Waals surface area (Å²) in [5.74, 6) is -0.384. The summed E-state index contributed by atoms with van der Waals surface area (Å²) >= 11 is 5.72. The maximum absolute atomic E-state index is 13.7. The maximum Gasteiger partial charge on any atom is 0.146 e. The first kappa shape index (κ1) is 13.5. The zero-order valence-electron chi connectivity index (χ0n) is 10.1. The van der Waals surface area contributed by atoms with Gasteiger partial charge in [-0.1, -0.05) is 44.5 Å². The molecule has 1 nitrogen and oxygen atoms in total. The highest BCUT2D eigenvalue weighted by atomic mass is 35.5. The highest BCUT2D eigenvalue weighted by Gasteiger charge is 2.17. The normalized spacial score (nSPS) is 13.9. The standard InChI is InChI=1S/C13H19ClFN/c1-13(2,3)8-7-11(16)9-5-4-6-10(14)12(9)15/h4-6,11H,7-8,16H2,1-3H3. The van der Waals surface area contributed by atoms with Crippen molar-refractivity contribution < 1.29 is 4.39 Å². The van der Waals surface area contributed by atoms with Gasteiger partial charge in [0.2, 0.25) is 0 Å². The highest BCUT2D eigenvalue weighted by molar-refractivity contribution is 6.30. The number of halogens is 2. The van der Waals surface area contributed by atoms with Gasteiger partial charge < -0.3 is 5.73 Å². The molecule has 1 atom stereocenters. The van der Waals surface area contributed by atoms with E-state index in [1.807, 2.05) is 0 Å². The van der Waals surface area contributed by atoms with Crippen LogP contribution in [-0.2, 0) is 0 Å². The van der Waals surface area contributed by atoms with E-state index in [1.165, 1.54) is 6.07 Å². The van der Waals surface area contributed by atoms with E-state index in [-0.39, 0.29) is 22.3 Å². The molecule has 0 radical (unpaired) electrons. The Hall–Kier alpha value is -0.600. The second-order valence-corrected chi connectivity index (χ2v) is 5.76. The van der Waals surface area contributed by atoms with Crippen LogP contribution in [-0.4, -0.2) is 0 Å². The number of hydrogen-bond acceptors (Lipinski definition) is 1. The van der Waals surface area contributed by atoms with Crippen molar-refractivity contribution in [2.75, 3.05) is 0 Å². The summed E-state index contributed by atoms with van der Waals surface area (Å²) in [6, 6.07) is 4.70. The average molecular weight is 244 g/mol. The zero-order chi connectivity index (χ0) is 12.3. The van der Waals surface area contributed by atoms with Crippen LogP contribution in [0.15, 0.2) is 18.2 Å². The van der Waals surface area contributed by atoms with Gasteiger partial charge in [-0.05, 0) is 24.3 Å². The molecule has 0 saturated carbocycles. The molecule has 16 heavy (non-hydrogen) atoms. The first-order chi connectivity index (χ1) is 7.31. The van der Waals surface area contributed by atoms with Crippen LogP contribution in [0.4, 0.5) is 4.39 Å². The van der Waals surface area contributed by atoms with E-state index in [0.717, 1.165) is 12.8 Å². The van der Waals surface area contributed by atoms with E-state index in [2.05, 4.69) is 20.8 Å². The lowest BCUT2D eigenvalue weighted by molar-refractivity contribution is 0.347. The van der Waals surface area contributed by atoms with Gasteiger partial charge in [0, 0.05) is 11.6 Å². The topological polar surface area (TPSA) is 26.0 Å². The smallest absolute Gasteiger partial charge is 0.146 e. The molecular weight excluding hydrogens is 225 g/mol. The second-order valence-electron chi connectivity index (χ2n) is 5.35. The van der Waals surface area contributed by atoms with Crippen molar-refractivity contribution in [2.24, 2.45) is 11.1 Å². The molecule has 0 amide bonds. The van der Waals surface area contributed by atoms with Gasteiger partial charge in [-0.25, -0.2) is 4.39 Å². The molecule has 1 rings (SSSR count). The Labute approximate surface area is 102 Å². The maximum atomic E-state index is 13.7. The minimum atomic E-state index is -0.384. The summed E-state index contributed by atoms with van der Waals surface area (Å²) in [4.78, 5) is 0. The molecule has 0 saturated heterocycles. The predicted octanol–water partition coefficient (Wildman–Crippen LogP) is 4.31. The van der Waals surface area contributed by atoms with Gasteiger partial charge in [-0.15, -0.1) is 0 Å². The summed E-state index contributed by atoms with van der Waals surface area (Å²) in [5, 5.41) is 0.142. The van der Waals surface area contributed by atoms with E-state index < -0.39 is 0 Å². The molecule has 1 aromatic carbocycles. The van der Waals surface area contributed by atoms with Crippen molar-refractivity contribution in [3.63, 3.8) is 0 Å². The SMILES string of the molecule is CC(C)(C)CCC(N)c1cccc(Cl)c1F. The van der Waals surface area contributed by atoms with E-state index in [4.69, 9.17) is 17.3 Å². The van der Waals surface area contributed by atoms with Gasteiger partial charge in [-0.2, -0.15) is 0 Å². The van der Waals surface area contributed by atoms with Crippen LogP contribution in [0.1, 0.15) is 45.2 Å². The number of hydrogen-bond donors (Lipinski definition) is 1. The Morgan fingerprint density at radius 1 is 1.38 bits per heavy atom. The van der Waals surface area contributed by atoms with Gasteiger partial charge in [0.15, 0.2) is 0 Å². The molecule has 3 heteroatoms. The minimum absolute atomic E-state index is 0.142. The lowest BCUT2D eigenvalue weighted by atomic mass is 9.87. The van der Waals surface area contributed by atoms with Crippen molar-refractivity contribution in [1.82, 2.24) is 0 Å². The molecule has 1 aromatic rings. The molecule has 1 unspecified atom stereocenters. The van der Waals surface area contributed by atoms with Crippen molar-refractivity contribution in [1.29, 1.82) is 0 Å². The summed E-state index contributed by atoms with van der Waals surface area (Å²) in [7, 11) is 0. The van der Waals surface area contributed by atoms with Crippen LogP contribution in [0.25, 0.3) is 0 Å². The van der Waals surface area contributed by atoms with Crippen molar-refractivity contribution >= 4 is 11.6 Å². The molecule has 0 fully saturated rings. The fourth-order valence-electron chi connectivity index (χ4n) is 1.55. The molecule has 0 aliphatic carbocycles. The average Bonchev–Trinajstić information content (AvgIpc) is 2.17. The second kappa shape index (κ2) is 5.15. The summed E-state index contributed by atoms with van der Waals surface area (Å²) in [6.45, 7) is 6.44. The van der Waals surface area contributed by atoms with E-state index in [0.29, 0.717) is 5.56 Å². The predicted molar refractivity (Wildman–Crippen MR) is 67.0 cm³/mol. The summed E-state index contributed by atoms with van der Waals surface area (Å²) in [6.07, 6.45) is 1.72. The third-order valence-electron chi connectivity index (χ3n) is 2.59. The van der Waals surface area contributed by atoms with Crippen LogP contribution in [0.3, 0.4) is 0 Å². The summed E-state index contributed by atoms with van der Waals surface area (Å²) < 4.78 is 13.7. The van der Waals surface area contributed by atoms with Gasteiger partial charge in [0.05, 0.1) is 5.02 Å². The van der Waals surface area contributed by atoms with Crippen LogP contribution >= 0.6 is 11.6 Å². The molecule has 0 aromatic heterocycles. The third kappa shape index (κ3) is 3.76. The molecule has 0 spiro atoms. The molecule has 0 aliphatic heterocycles. The molecule has 0 heterocycles. The van der Waals surface area contributed by atoms with Crippen LogP contribution in [0, 0.1) is 11.2 Å². The fourth-order valence-corrected chi connectivity index (χ4v) is 1.73. The van der Waals surface area contributed by atoms with Crippen LogP contribution in [0.5, 0.6) is 0 Å². The molecule has 2 N–H and O–H groups in total. The van der Waals surface area contributed by atoms with Gasteiger partial charge in [-0.3, -0.25) is 0 Å². The summed E-state index contributed by atoms with van der Waals surface area (Å²) in [5.41, 5.74) is 6.70. The number of nitrogens with two attached hydrogens (primary N) is 1.